The highest BCUT2D eigenvalue weighted by Gasteiger charge is 2.11. The van der Waals surface area contributed by atoms with Gasteiger partial charge in [0, 0.05) is 4.47 Å². The zero-order valence-electron chi connectivity index (χ0n) is 7.81. The highest BCUT2D eigenvalue weighted by Crippen LogP contribution is 2.12. The molecule has 0 N–H and O–H groups in total. The number of halogens is 1. The van der Waals surface area contributed by atoms with E-state index in [0.717, 1.165) is 10.0 Å². The van der Waals surface area contributed by atoms with Gasteiger partial charge in [-0.25, -0.2) is 10.1 Å². The number of nitro groups is 1. The predicted molar refractivity (Wildman–Crippen MR) is 57.2 cm³/mol. The van der Waals surface area contributed by atoms with E-state index in [4.69, 9.17) is 0 Å². The standard InChI is InChI=1S/C9H11BrN2O2/c1-2-11(12(13)14)7-8-3-5-9(10)6-4-8/h3-6H,2,7H2,1H3. The topological polar surface area (TPSA) is 46.4 Å². The number of hydrogen-bond donors (Lipinski definition) is 0. The first-order valence-corrected chi connectivity index (χ1v) is 5.06. The summed E-state index contributed by atoms with van der Waals surface area (Å²) in [5.74, 6) is 0. The SMILES string of the molecule is CCN(Cc1ccc(Br)cc1)[N+](=O)[O-]. The molecule has 76 valence electrons. The number of rotatable bonds is 4. The summed E-state index contributed by atoms with van der Waals surface area (Å²) in [6.07, 6.45) is 0. The molecule has 0 aromatic heterocycles. The smallest absolute Gasteiger partial charge is 0.160 e. The fraction of sp³-hybridized carbons (Fsp3) is 0.333. The molecule has 0 radical (unpaired) electrons. The molecule has 1 aromatic carbocycles. The maximum atomic E-state index is 10.5. The fourth-order valence-corrected chi connectivity index (χ4v) is 1.35. The molecule has 5 heteroatoms. The van der Waals surface area contributed by atoms with Gasteiger partial charge < -0.3 is 0 Å². The predicted octanol–water partition coefficient (Wildman–Crippen LogP) is 2.46. The summed E-state index contributed by atoms with van der Waals surface area (Å²) in [7, 11) is 0. The molecule has 1 aromatic rings. The minimum absolute atomic E-state index is 0.344. The lowest BCUT2D eigenvalue weighted by molar-refractivity contribution is -0.658. The minimum Gasteiger partial charge on any atom is -0.235 e. The second kappa shape index (κ2) is 4.95. The van der Waals surface area contributed by atoms with Gasteiger partial charge in [-0.1, -0.05) is 28.1 Å². The summed E-state index contributed by atoms with van der Waals surface area (Å²) in [5, 5.41) is 11.3. The molecular weight excluding hydrogens is 248 g/mol. The van der Waals surface area contributed by atoms with Gasteiger partial charge in [-0.2, -0.15) is 0 Å². The quantitative estimate of drug-likeness (QED) is 0.616. The van der Waals surface area contributed by atoms with E-state index in [2.05, 4.69) is 15.9 Å². The molecule has 0 heterocycles. The summed E-state index contributed by atoms with van der Waals surface area (Å²) in [6.45, 7) is 2.52. The molecule has 4 nitrogen and oxygen atoms in total. The molecule has 0 unspecified atom stereocenters. The second-order valence-corrected chi connectivity index (χ2v) is 3.76. The largest absolute Gasteiger partial charge is 0.235 e. The van der Waals surface area contributed by atoms with Crippen molar-refractivity contribution in [3.05, 3.63) is 44.4 Å². The Balaban J connectivity index is 2.67. The van der Waals surface area contributed by atoms with E-state index < -0.39 is 0 Å². The van der Waals surface area contributed by atoms with Crippen LogP contribution < -0.4 is 0 Å². The van der Waals surface area contributed by atoms with Crippen LogP contribution in [0, 0.1) is 10.1 Å². The van der Waals surface area contributed by atoms with Gasteiger partial charge in [0.25, 0.3) is 0 Å². The van der Waals surface area contributed by atoms with Gasteiger partial charge in [-0.15, -0.1) is 5.01 Å². The molecule has 0 aliphatic rings. The van der Waals surface area contributed by atoms with Crippen LogP contribution >= 0.6 is 15.9 Å². The molecule has 0 amide bonds. The lowest BCUT2D eigenvalue weighted by Crippen LogP contribution is -2.28. The number of hydrogen-bond acceptors (Lipinski definition) is 2. The Kier molecular flexibility index (Phi) is 3.88. The van der Waals surface area contributed by atoms with Crippen LogP contribution in [0.25, 0.3) is 0 Å². The van der Waals surface area contributed by atoms with Crippen LogP contribution in [0.5, 0.6) is 0 Å². The van der Waals surface area contributed by atoms with Gasteiger partial charge in [0.2, 0.25) is 0 Å². The van der Waals surface area contributed by atoms with Crippen LogP contribution in [0.3, 0.4) is 0 Å². The van der Waals surface area contributed by atoms with Crippen molar-refractivity contribution in [2.75, 3.05) is 6.54 Å². The van der Waals surface area contributed by atoms with Gasteiger partial charge >= 0.3 is 0 Å². The van der Waals surface area contributed by atoms with Crippen LogP contribution in [0.1, 0.15) is 12.5 Å². The highest BCUT2D eigenvalue weighted by molar-refractivity contribution is 9.10. The van der Waals surface area contributed by atoms with Gasteiger partial charge in [-0.3, -0.25) is 0 Å². The molecule has 0 bridgehead atoms. The molecule has 0 atom stereocenters. The van der Waals surface area contributed by atoms with Crippen molar-refractivity contribution in [3.8, 4) is 0 Å². The summed E-state index contributed by atoms with van der Waals surface area (Å²) < 4.78 is 0.977. The fourth-order valence-electron chi connectivity index (χ4n) is 1.09. The molecular formula is C9H11BrN2O2. The molecule has 0 spiro atoms. The third kappa shape index (κ3) is 2.99. The van der Waals surface area contributed by atoms with E-state index in [1.165, 1.54) is 5.01 Å². The van der Waals surface area contributed by atoms with Gasteiger partial charge in [0.15, 0.2) is 5.03 Å². The maximum absolute atomic E-state index is 10.5. The third-order valence-electron chi connectivity index (χ3n) is 1.87. The van der Waals surface area contributed by atoms with Crippen LogP contribution in [-0.4, -0.2) is 16.6 Å². The number of benzene rings is 1. The normalized spacial score (nSPS) is 9.86. The van der Waals surface area contributed by atoms with Crippen LogP contribution in [0.15, 0.2) is 28.7 Å². The van der Waals surface area contributed by atoms with Crippen molar-refractivity contribution in [2.24, 2.45) is 0 Å². The van der Waals surface area contributed by atoms with Crippen molar-refractivity contribution in [1.82, 2.24) is 5.01 Å². The van der Waals surface area contributed by atoms with E-state index in [9.17, 15) is 10.1 Å². The first kappa shape index (κ1) is 11.0. The Bertz CT molecular complexity index is 313. The summed E-state index contributed by atoms with van der Waals surface area (Å²) >= 11 is 3.31. The van der Waals surface area contributed by atoms with Crippen LogP contribution in [-0.2, 0) is 6.54 Å². The first-order valence-electron chi connectivity index (χ1n) is 4.27. The Morgan fingerprint density at radius 1 is 1.43 bits per heavy atom. The number of hydrazine groups is 1. The van der Waals surface area contributed by atoms with Crippen molar-refractivity contribution in [2.45, 2.75) is 13.5 Å². The first-order chi connectivity index (χ1) is 6.63. The molecule has 0 aliphatic heterocycles. The average molecular weight is 259 g/mol. The monoisotopic (exact) mass is 258 g/mol. The molecule has 0 saturated carbocycles. The Morgan fingerprint density at radius 3 is 2.43 bits per heavy atom. The number of nitrogens with zero attached hydrogens (tertiary/aromatic N) is 2. The molecule has 14 heavy (non-hydrogen) atoms. The average Bonchev–Trinajstić information content (AvgIpc) is 2.16. The molecule has 0 fully saturated rings. The highest BCUT2D eigenvalue weighted by atomic mass is 79.9. The molecule has 0 aliphatic carbocycles. The van der Waals surface area contributed by atoms with E-state index in [1.54, 1.807) is 6.92 Å². The van der Waals surface area contributed by atoms with Gasteiger partial charge in [0.1, 0.15) is 6.54 Å². The van der Waals surface area contributed by atoms with E-state index in [0.29, 0.717) is 13.1 Å². The minimum atomic E-state index is -0.373. The van der Waals surface area contributed by atoms with Crippen LogP contribution in [0.2, 0.25) is 0 Å². The molecule has 1 rings (SSSR count). The van der Waals surface area contributed by atoms with E-state index in [-0.39, 0.29) is 5.03 Å². The summed E-state index contributed by atoms with van der Waals surface area (Å²) in [5.41, 5.74) is 0.937. The second-order valence-electron chi connectivity index (χ2n) is 2.85. The zero-order chi connectivity index (χ0) is 10.6. The van der Waals surface area contributed by atoms with E-state index in [1.807, 2.05) is 24.3 Å². The van der Waals surface area contributed by atoms with Crippen LogP contribution in [0.4, 0.5) is 0 Å². The Hall–Kier alpha value is -1.10. The van der Waals surface area contributed by atoms with Crippen molar-refractivity contribution < 1.29 is 5.03 Å². The van der Waals surface area contributed by atoms with E-state index >= 15 is 0 Å². The lowest BCUT2D eigenvalue weighted by Gasteiger charge is -2.11. The Labute approximate surface area is 90.8 Å². The van der Waals surface area contributed by atoms with Gasteiger partial charge in [0.05, 0.1) is 6.54 Å². The Morgan fingerprint density at radius 2 is 2.00 bits per heavy atom. The lowest BCUT2D eigenvalue weighted by atomic mass is 10.2. The molecule has 0 saturated heterocycles. The maximum Gasteiger partial charge on any atom is 0.160 e. The van der Waals surface area contributed by atoms with Crippen molar-refractivity contribution in [3.63, 3.8) is 0 Å². The summed E-state index contributed by atoms with van der Waals surface area (Å²) in [4.78, 5) is 10.5. The van der Waals surface area contributed by atoms with Crippen molar-refractivity contribution >= 4 is 15.9 Å². The van der Waals surface area contributed by atoms with Crippen molar-refractivity contribution in [1.29, 1.82) is 0 Å². The zero-order valence-corrected chi connectivity index (χ0v) is 9.40. The third-order valence-corrected chi connectivity index (χ3v) is 2.40. The van der Waals surface area contributed by atoms with Gasteiger partial charge in [-0.05, 0) is 24.6 Å². The summed E-state index contributed by atoms with van der Waals surface area (Å²) in [6, 6.07) is 7.50.